The van der Waals surface area contributed by atoms with E-state index in [4.69, 9.17) is 5.26 Å². The van der Waals surface area contributed by atoms with Gasteiger partial charge in [-0.25, -0.2) is 4.39 Å². The summed E-state index contributed by atoms with van der Waals surface area (Å²) in [4.78, 5) is 0. The quantitative estimate of drug-likeness (QED) is 0.861. The van der Waals surface area contributed by atoms with Crippen LogP contribution in [0.25, 0.3) is 0 Å². The highest BCUT2D eigenvalue weighted by molar-refractivity contribution is 5.57. The van der Waals surface area contributed by atoms with Gasteiger partial charge in [0.05, 0.1) is 11.8 Å². The lowest BCUT2D eigenvalue weighted by Crippen LogP contribution is -2.27. The number of benzene rings is 1. The fourth-order valence-corrected chi connectivity index (χ4v) is 2.51. The number of nitrogens with zero attached hydrogens (tertiary/aromatic N) is 1. The molecule has 3 nitrogen and oxygen atoms in total. The summed E-state index contributed by atoms with van der Waals surface area (Å²) in [5.41, 5.74) is 0.464. The van der Waals surface area contributed by atoms with Crippen molar-refractivity contribution in [2.24, 2.45) is 5.92 Å². The van der Waals surface area contributed by atoms with Crippen LogP contribution in [0.5, 0.6) is 0 Å². The normalized spacial score (nSPS) is 17.4. The van der Waals surface area contributed by atoms with Crippen molar-refractivity contribution in [1.29, 1.82) is 5.26 Å². The minimum atomic E-state index is -0.530. The van der Waals surface area contributed by atoms with Gasteiger partial charge >= 0.3 is 0 Å². The summed E-state index contributed by atoms with van der Waals surface area (Å²) in [5.74, 6) is -0.200. The number of nitriles is 1. The van der Waals surface area contributed by atoms with Crippen LogP contribution in [0.3, 0.4) is 0 Å². The number of hydrogen-bond acceptors (Lipinski definition) is 3. The van der Waals surface area contributed by atoms with Gasteiger partial charge in [-0.3, -0.25) is 0 Å². The molecule has 1 unspecified atom stereocenters. The molecule has 4 heteroatoms. The molecule has 2 N–H and O–H groups in total. The number of hydrogen-bond donors (Lipinski definition) is 2. The van der Waals surface area contributed by atoms with Crippen LogP contribution in [0.1, 0.15) is 31.2 Å². The maximum atomic E-state index is 13.4. The van der Waals surface area contributed by atoms with E-state index in [9.17, 15) is 9.50 Å². The summed E-state index contributed by atoms with van der Waals surface area (Å²) in [5, 5.41) is 21.9. The minimum absolute atomic E-state index is 0.0103. The predicted molar refractivity (Wildman–Crippen MR) is 67.6 cm³/mol. The lowest BCUT2D eigenvalue weighted by atomic mass is 10.0. The molecule has 18 heavy (non-hydrogen) atoms. The lowest BCUT2D eigenvalue weighted by Gasteiger charge is -2.19. The minimum Gasteiger partial charge on any atom is -0.391 e. The molecule has 0 amide bonds. The molecule has 0 spiro atoms. The molecule has 1 atom stereocenters. The van der Waals surface area contributed by atoms with Crippen molar-refractivity contribution in [3.63, 3.8) is 0 Å². The molecule has 0 bridgehead atoms. The van der Waals surface area contributed by atoms with Gasteiger partial charge in [-0.05, 0) is 30.9 Å². The van der Waals surface area contributed by atoms with Crippen LogP contribution >= 0.6 is 0 Å². The molecule has 0 aliphatic heterocycles. The zero-order valence-electron chi connectivity index (χ0n) is 10.2. The van der Waals surface area contributed by atoms with Crippen LogP contribution in [0, 0.1) is 23.1 Å². The molecule has 0 radical (unpaired) electrons. The Morgan fingerprint density at radius 3 is 2.83 bits per heavy atom. The monoisotopic (exact) mass is 248 g/mol. The predicted octanol–water partition coefficient (Wildman–Crippen LogP) is 2.66. The Labute approximate surface area is 106 Å². The van der Waals surface area contributed by atoms with Gasteiger partial charge < -0.3 is 10.4 Å². The van der Waals surface area contributed by atoms with E-state index in [1.165, 1.54) is 18.9 Å². The summed E-state index contributed by atoms with van der Waals surface area (Å²) in [7, 11) is 0. The molecular weight excluding hydrogens is 231 g/mol. The summed E-state index contributed by atoms with van der Waals surface area (Å²) >= 11 is 0. The number of aliphatic hydroxyl groups excluding tert-OH is 1. The Morgan fingerprint density at radius 1 is 1.44 bits per heavy atom. The van der Waals surface area contributed by atoms with Crippen molar-refractivity contribution in [2.45, 2.75) is 31.8 Å². The molecule has 1 aliphatic carbocycles. The van der Waals surface area contributed by atoms with E-state index in [1.807, 2.05) is 6.07 Å². The molecule has 96 valence electrons. The van der Waals surface area contributed by atoms with Crippen molar-refractivity contribution in [3.8, 4) is 6.07 Å². The number of nitrogens with one attached hydrogen (secondary N) is 1. The van der Waals surface area contributed by atoms with Crippen molar-refractivity contribution in [2.75, 3.05) is 11.9 Å². The van der Waals surface area contributed by atoms with E-state index < -0.39 is 11.9 Å². The first-order valence-corrected chi connectivity index (χ1v) is 6.33. The van der Waals surface area contributed by atoms with Crippen molar-refractivity contribution in [1.82, 2.24) is 0 Å². The Kier molecular flexibility index (Phi) is 4.16. The summed E-state index contributed by atoms with van der Waals surface area (Å²) in [6.07, 6.45) is 4.02. The average molecular weight is 248 g/mol. The van der Waals surface area contributed by atoms with E-state index in [0.29, 0.717) is 18.2 Å². The second-order valence-electron chi connectivity index (χ2n) is 4.77. The molecule has 0 aromatic heterocycles. The summed E-state index contributed by atoms with van der Waals surface area (Å²) < 4.78 is 13.4. The molecular formula is C14H17FN2O. The van der Waals surface area contributed by atoms with Gasteiger partial charge in [0.1, 0.15) is 17.4 Å². The van der Waals surface area contributed by atoms with E-state index in [-0.39, 0.29) is 5.56 Å². The highest BCUT2D eigenvalue weighted by Gasteiger charge is 2.23. The molecule has 1 aromatic rings. The molecule has 1 aliphatic rings. The van der Waals surface area contributed by atoms with Crippen LogP contribution in [0.15, 0.2) is 18.2 Å². The molecule has 0 saturated heterocycles. The number of aliphatic hydroxyl groups is 1. The van der Waals surface area contributed by atoms with Crippen LogP contribution in [0.4, 0.5) is 10.1 Å². The maximum absolute atomic E-state index is 13.4. The Morgan fingerprint density at radius 2 is 2.17 bits per heavy atom. The van der Waals surface area contributed by atoms with Gasteiger partial charge in [0.15, 0.2) is 0 Å². The fourth-order valence-electron chi connectivity index (χ4n) is 2.51. The van der Waals surface area contributed by atoms with Gasteiger partial charge in [0, 0.05) is 6.54 Å². The number of anilines is 1. The molecule has 0 heterocycles. The van der Waals surface area contributed by atoms with Gasteiger partial charge in [-0.2, -0.15) is 5.26 Å². The van der Waals surface area contributed by atoms with Crippen LogP contribution in [-0.2, 0) is 0 Å². The van der Waals surface area contributed by atoms with Gasteiger partial charge in [0.25, 0.3) is 0 Å². The first-order chi connectivity index (χ1) is 8.72. The number of halogens is 1. The standard InChI is InChI=1S/C14H17FN2O/c15-12-6-3-7-13(11(12)8-16)17-9-14(18)10-4-1-2-5-10/h3,6-7,10,14,17-18H,1-2,4-5,9H2. The van der Waals surface area contributed by atoms with Gasteiger partial charge in [-0.1, -0.05) is 18.9 Å². The van der Waals surface area contributed by atoms with E-state index in [1.54, 1.807) is 12.1 Å². The number of rotatable bonds is 4. The topological polar surface area (TPSA) is 56.0 Å². The molecule has 1 fully saturated rings. The maximum Gasteiger partial charge on any atom is 0.143 e. The van der Waals surface area contributed by atoms with E-state index >= 15 is 0 Å². The van der Waals surface area contributed by atoms with Crippen molar-refractivity contribution >= 4 is 5.69 Å². The first kappa shape index (κ1) is 12.8. The fraction of sp³-hybridized carbons (Fsp3) is 0.500. The average Bonchev–Trinajstić information content (AvgIpc) is 2.90. The third kappa shape index (κ3) is 2.80. The molecule has 1 aromatic carbocycles. The third-order valence-corrected chi connectivity index (χ3v) is 3.57. The van der Waals surface area contributed by atoms with E-state index in [0.717, 1.165) is 12.8 Å². The first-order valence-electron chi connectivity index (χ1n) is 6.33. The van der Waals surface area contributed by atoms with Crippen molar-refractivity contribution in [3.05, 3.63) is 29.6 Å². The summed E-state index contributed by atoms with van der Waals surface area (Å²) in [6, 6.07) is 6.31. The second-order valence-corrected chi connectivity index (χ2v) is 4.77. The SMILES string of the molecule is N#Cc1c(F)cccc1NCC(O)C1CCCC1. The van der Waals surface area contributed by atoms with E-state index in [2.05, 4.69) is 5.32 Å². The van der Waals surface area contributed by atoms with Crippen LogP contribution < -0.4 is 5.32 Å². The molecule has 2 rings (SSSR count). The zero-order chi connectivity index (χ0) is 13.0. The van der Waals surface area contributed by atoms with Crippen LogP contribution in [-0.4, -0.2) is 17.8 Å². The Bertz CT molecular complexity index is 450. The van der Waals surface area contributed by atoms with Gasteiger partial charge in [-0.15, -0.1) is 0 Å². The largest absolute Gasteiger partial charge is 0.391 e. The third-order valence-electron chi connectivity index (χ3n) is 3.57. The Balaban J connectivity index is 1.98. The van der Waals surface area contributed by atoms with Crippen LogP contribution in [0.2, 0.25) is 0 Å². The highest BCUT2D eigenvalue weighted by atomic mass is 19.1. The zero-order valence-corrected chi connectivity index (χ0v) is 10.2. The van der Waals surface area contributed by atoms with Crippen molar-refractivity contribution < 1.29 is 9.50 Å². The smallest absolute Gasteiger partial charge is 0.143 e. The van der Waals surface area contributed by atoms with Gasteiger partial charge in [0.2, 0.25) is 0 Å². The Hall–Kier alpha value is -1.60. The lowest BCUT2D eigenvalue weighted by molar-refractivity contribution is 0.123. The second kappa shape index (κ2) is 5.83. The molecule has 1 saturated carbocycles. The summed E-state index contributed by atoms with van der Waals surface area (Å²) in [6.45, 7) is 0.364. The highest BCUT2D eigenvalue weighted by Crippen LogP contribution is 2.28.